The first kappa shape index (κ1) is 16.5. The lowest BCUT2D eigenvalue weighted by molar-refractivity contribution is 0.314. The van der Waals surface area contributed by atoms with Gasteiger partial charge in [-0.25, -0.2) is 4.39 Å². The lowest BCUT2D eigenvalue weighted by Crippen LogP contribution is -2.27. The van der Waals surface area contributed by atoms with Gasteiger partial charge < -0.3 is 19.7 Å². The van der Waals surface area contributed by atoms with Gasteiger partial charge in [-0.2, -0.15) is 0 Å². The number of fused-ring (bicyclic) bond motifs is 3. The second-order valence-corrected chi connectivity index (χ2v) is 6.55. The van der Waals surface area contributed by atoms with Crippen LogP contribution in [0.4, 0.5) is 10.1 Å². The minimum Gasteiger partial charge on any atom is -0.496 e. The zero-order valence-corrected chi connectivity index (χ0v) is 14.5. The SMILES string of the molecule is COc1cc(F)ccc1-c1cc2c(N=O)c(O)[nH]c2c2c1CCN(C)C2. The van der Waals surface area contributed by atoms with E-state index in [2.05, 4.69) is 15.1 Å². The van der Waals surface area contributed by atoms with E-state index in [1.807, 2.05) is 13.1 Å². The Morgan fingerprint density at radius 2 is 2.08 bits per heavy atom. The third-order valence-corrected chi connectivity index (χ3v) is 4.99. The number of rotatable bonds is 3. The standard InChI is InChI=1S/C19H18FN3O3/c1-23-6-5-11-13(12-4-3-10(20)7-16(12)26-2)8-14-17(15(11)9-23)21-19(24)18(14)22-25/h3-4,7-8,21,24H,5-6,9H2,1-2H3. The Hall–Kier alpha value is -2.93. The highest BCUT2D eigenvalue weighted by Crippen LogP contribution is 2.44. The molecule has 7 heteroatoms. The molecule has 0 atom stereocenters. The lowest BCUT2D eigenvalue weighted by atomic mass is 9.88. The molecule has 1 aromatic heterocycles. The fourth-order valence-electron chi connectivity index (χ4n) is 3.75. The molecule has 4 rings (SSSR count). The van der Waals surface area contributed by atoms with Crippen molar-refractivity contribution < 1.29 is 14.2 Å². The molecule has 0 saturated carbocycles. The maximum Gasteiger partial charge on any atom is 0.219 e. The molecule has 1 aliphatic rings. The van der Waals surface area contributed by atoms with Crippen molar-refractivity contribution in [1.82, 2.24) is 9.88 Å². The minimum atomic E-state index is -0.380. The minimum absolute atomic E-state index is 0.0154. The van der Waals surface area contributed by atoms with E-state index in [1.165, 1.54) is 19.2 Å². The Balaban J connectivity index is 2.08. The van der Waals surface area contributed by atoms with Gasteiger partial charge in [-0.1, -0.05) is 0 Å². The van der Waals surface area contributed by atoms with Crippen LogP contribution < -0.4 is 4.74 Å². The van der Waals surface area contributed by atoms with Crippen LogP contribution in [-0.4, -0.2) is 35.7 Å². The summed E-state index contributed by atoms with van der Waals surface area (Å²) in [7, 11) is 3.51. The third kappa shape index (κ3) is 2.43. The number of hydrogen-bond acceptors (Lipinski definition) is 5. The van der Waals surface area contributed by atoms with Gasteiger partial charge in [0.05, 0.1) is 12.6 Å². The third-order valence-electron chi connectivity index (χ3n) is 4.99. The topological polar surface area (TPSA) is 77.9 Å². The average Bonchev–Trinajstić information content (AvgIpc) is 2.96. The van der Waals surface area contributed by atoms with Gasteiger partial charge in [0, 0.05) is 30.1 Å². The van der Waals surface area contributed by atoms with Crippen LogP contribution in [-0.2, 0) is 13.0 Å². The molecule has 2 aromatic carbocycles. The second-order valence-electron chi connectivity index (χ2n) is 6.55. The van der Waals surface area contributed by atoms with E-state index in [4.69, 9.17) is 4.74 Å². The largest absolute Gasteiger partial charge is 0.496 e. The first-order chi connectivity index (χ1) is 12.5. The molecule has 0 saturated heterocycles. The maximum atomic E-state index is 13.6. The Morgan fingerprint density at radius 3 is 2.81 bits per heavy atom. The van der Waals surface area contributed by atoms with Crippen LogP contribution in [0.5, 0.6) is 11.6 Å². The molecule has 0 amide bonds. The number of ether oxygens (including phenoxy) is 1. The number of aromatic amines is 1. The van der Waals surface area contributed by atoms with Crippen LogP contribution in [0.25, 0.3) is 22.0 Å². The molecule has 0 radical (unpaired) electrons. The normalized spacial score (nSPS) is 14.4. The van der Waals surface area contributed by atoms with Crippen molar-refractivity contribution in [2.24, 2.45) is 5.18 Å². The molecule has 0 aliphatic carbocycles. The Labute approximate surface area is 149 Å². The van der Waals surface area contributed by atoms with Crippen LogP contribution >= 0.6 is 0 Å². The Bertz CT molecular complexity index is 1030. The number of nitrogens with zero attached hydrogens (tertiary/aromatic N) is 2. The van der Waals surface area contributed by atoms with Crippen LogP contribution in [0.1, 0.15) is 11.1 Å². The van der Waals surface area contributed by atoms with Crippen molar-refractivity contribution in [2.75, 3.05) is 20.7 Å². The number of nitrogens with one attached hydrogen (secondary N) is 1. The number of aromatic hydroxyl groups is 1. The molecule has 26 heavy (non-hydrogen) atoms. The summed E-state index contributed by atoms with van der Waals surface area (Å²) in [6, 6.07) is 6.22. The summed E-state index contributed by atoms with van der Waals surface area (Å²) < 4.78 is 19.0. The highest BCUT2D eigenvalue weighted by Gasteiger charge is 2.25. The first-order valence-electron chi connectivity index (χ1n) is 8.28. The molecule has 134 valence electrons. The van der Waals surface area contributed by atoms with Crippen LogP contribution in [0.3, 0.4) is 0 Å². The van der Waals surface area contributed by atoms with E-state index in [0.29, 0.717) is 23.2 Å². The zero-order valence-electron chi connectivity index (χ0n) is 14.5. The summed E-state index contributed by atoms with van der Waals surface area (Å²) in [6.07, 6.45) is 0.793. The number of halogens is 1. The van der Waals surface area contributed by atoms with Crippen LogP contribution in [0.15, 0.2) is 29.4 Å². The van der Waals surface area contributed by atoms with E-state index in [0.717, 1.165) is 35.2 Å². The van der Waals surface area contributed by atoms with Crippen LogP contribution in [0.2, 0.25) is 0 Å². The van der Waals surface area contributed by atoms with E-state index >= 15 is 0 Å². The molecule has 0 bridgehead atoms. The second kappa shape index (κ2) is 6.10. The summed E-state index contributed by atoms with van der Waals surface area (Å²) in [5.74, 6) is -0.200. The van der Waals surface area contributed by atoms with Gasteiger partial charge in [0.1, 0.15) is 11.6 Å². The van der Waals surface area contributed by atoms with Crippen LogP contribution in [0, 0.1) is 10.7 Å². The number of aromatic nitrogens is 1. The quantitative estimate of drug-likeness (QED) is 0.694. The average molecular weight is 355 g/mol. The molecule has 0 fully saturated rings. The molecule has 2 N–H and O–H groups in total. The van der Waals surface area contributed by atoms with E-state index in [1.54, 1.807) is 6.07 Å². The molecular weight excluding hydrogens is 337 g/mol. The number of methoxy groups -OCH3 is 1. The smallest absolute Gasteiger partial charge is 0.219 e. The number of hydrogen-bond donors (Lipinski definition) is 2. The molecule has 0 unspecified atom stereocenters. The Morgan fingerprint density at radius 1 is 1.27 bits per heavy atom. The number of benzene rings is 2. The lowest BCUT2D eigenvalue weighted by Gasteiger charge is -2.28. The maximum absolute atomic E-state index is 13.6. The summed E-state index contributed by atoms with van der Waals surface area (Å²) >= 11 is 0. The van der Waals surface area contributed by atoms with Crippen molar-refractivity contribution in [1.29, 1.82) is 0 Å². The van der Waals surface area contributed by atoms with Gasteiger partial charge >= 0.3 is 0 Å². The van der Waals surface area contributed by atoms with E-state index in [-0.39, 0.29) is 17.4 Å². The fourth-order valence-corrected chi connectivity index (χ4v) is 3.75. The van der Waals surface area contributed by atoms with E-state index in [9.17, 15) is 14.4 Å². The van der Waals surface area contributed by atoms with Gasteiger partial charge in [-0.3, -0.25) is 0 Å². The first-order valence-corrected chi connectivity index (χ1v) is 8.28. The molecular formula is C19H18FN3O3. The molecule has 3 aromatic rings. The van der Waals surface area contributed by atoms with Crippen molar-refractivity contribution in [2.45, 2.75) is 13.0 Å². The molecule has 0 spiro atoms. The van der Waals surface area contributed by atoms with Crippen molar-refractivity contribution in [3.63, 3.8) is 0 Å². The van der Waals surface area contributed by atoms with Gasteiger partial charge in [-0.05, 0) is 53.5 Å². The summed E-state index contributed by atoms with van der Waals surface area (Å²) in [5.41, 5.74) is 4.40. The number of H-pyrrole nitrogens is 1. The van der Waals surface area contributed by atoms with Crippen molar-refractivity contribution in [3.05, 3.63) is 46.1 Å². The number of nitroso groups, excluding NO2 is 1. The summed E-state index contributed by atoms with van der Waals surface area (Å²) in [6.45, 7) is 1.54. The predicted molar refractivity (Wildman–Crippen MR) is 97.4 cm³/mol. The molecule has 1 aliphatic heterocycles. The molecule has 6 nitrogen and oxygen atoms in total. The molecule has 2 heterocycles. The summed E-state index contributed by atoms with van der Waals surface area (Å²) in [5, 5.41) is 13.6. The van der Waals surface area contributed by atoms with Crippen molar-refractivity contribution >= 4 is 16.6 Å². The monoisotopic (exact) mass is 355 g/mol. The number of likely N-dealkylation sites (N-methyl/N-ethyl adjacent to an activating group) is 1. The summed E-state index contributed by atoms with van der Waals surface area (Å²) in [4.78, 5) is 16.3. The van der Waals surface area contributed by atoms with Gasteiger partial charge in [-0.15, -0.1) is 4.91 Å². The van der Waals surface area contributed by atoms with Gasteiger partial charge in [0.25, 0.3) is 0 Å². The van der Waals surface area contributed by atoms with Gasteiger partial charge in [0.2, 0.25) is 5.88 Å². The highest BCUT2D eigenvalue weighted by molar-refractivity contribution is 6.00. The fraction of sp³-hybridized carbons (Fsp3) is 0.263. The van der Waals surface area contributed by atoms with Gasteiger partial charge in [0.15, 0.2) is 5.69 Å². The van der Waals surface area contributed by atoms with E-state index < -0.39 is 0 Å². The predicted octanol–water partition coefficient (Wildman–Crippen LogP) is 4.07. The highest BCUT2D eigenvalue weighted by atomic mass is 19.1. The van der Waals surface area contributed by atoms with Crippen molar-refractivity contribution in [3.8, 4) is 22.8 Å². The Kier molecular flexibility index (Phi) is 3.88. The zero-order chi connectivity index (χ0) is 18.4.